The Morgan fingerprint density at radius 1 is 1.31 bits per heavy atom. The summed E-state index contributed by atoms with van der Waals surface area (Å²) < 4.78 is 27.8. The van der Waals surface area contributed by atoms with Gasteiger partial charge in [0.25, 0.3) is 0 Å². The molecule has 0 spiro atoms. The fourth-order valence-corrected chi connectivity index (χ4v) is 6.75. The summed E-state index contributed by atoms with van der Waals surface area (Å²) in [6.45, 7) is 6.81. The van der Waals surface area contributed by atoms with Crippen molar-refractivity contribution in [2.75, 3.05) is 18.4 Å². The number of hydrogen-bond acceptors (Lipinski definition) is 7. The lowest BCUT2D eigenvalue weighted by Crippen LogP contribution is -2.41. The number of anilines is 1. The lowest BCUT2D eigenvalue weighted by atomic mass is 9.97. The van der Waals surface area contributed by atoms with E-state index < -0.39 is 10.0 Å². The van der Waals surface area contributed by atoms with Crippen molar-refractivity contribution in [3.05, 3.63) is 35.4 Å². The summed E-state index contributed by atoms with van der Waals surface area (Å²) in [4.78, 5) is 12.5. The number of nitrogens with one attached hydrogen (secondary N) is 1. The van der Waals surface area contributed by atoms with Crippen LogP contribution in [0.2, 0.25) is 0 Å². The Morgan fingerprint density at radius 3 is 2.69 bits per heavy atom. The number of thioether (sulfide) groups is 1. The van der Waals surface area contributed by atoms with Gasteiger partial charge in [-0.2, -0.15) is 0 Å². The molecule has 158 valence electrons. The van der Waals surface area contributed by atoms with E-state index >= 15 is 0 Å². The lowest BCUT2D eigenvalue weighted by Gasteiger charge is -2.30. The monoisotopic (exact) mass is 454 g/mol. The van der Waals surface area contributed by atoms with Gasteiger partial charge in [0.15, 0.2) is 4.34 Å². The summed E-state index contributed by atoms with van der Waals surface area (Å²) in [7, 11) is -3.39. The molecular weight excluding hydrogens is 428 g/mol. The molecule has 7 nitrogen and oxygen atoms in total. The Kier molecular flexibility index (Phi) is 7.31. The van der Waals surface area contributed by atoms with E-state index in [0.29, 0.717) is 36.3 Å². The molecule has 29 heavy (non-hydrogen) atoms. The molecule has 0 bridgehead atoms. The van der Waals surface area contributed by atoms with Gasteiger partial charge in [-0.3, -0.25) is 4.79 Å². The van der Waals surface area contributed by atoms with Gasteiger partial charge >= 0.3 is 0 Å². The van der Waals surface area contributed by atoms with E-state index in [1.54, 1.807) is 11.8 Å². The molecule has 10 heteroatoms. The molecule has 0 unspecified atom stereocenters. The highest BCUT2D eigenvalue weighted by atomic mass is 32.2. The van der Waals surface area contributed by atoms with Crippen LogP contribution in [-0.4, -0.2) is 47.2 Å². The van der Waals surface area contributed by atoms with Crippen molar-refractivity contribution in [3.8, 4) is 0 Å². The zero-order valence-corrected chi connectivity index (χ0v) is 19.2. The van der Waals surface area contributed by atoms with Gasteiger partial charge in [-0.05, 0) is 25.3 Å². The standard InChI is InChI=1S/C19H26N4O3S3/c1-13(2)27-19-22-21-18(28-19)20-17(24)16-7-9-23(10-8-16)29(25,26)12-15-6-4-5-14(3)11-15/h4-6,11,13,16H,7-10,12H2,1-3H3,(H,20,21,24). The zero-order valence-electron chi connectivity index (χ0n) is 16.8. The Morgan fingerprint density at radius 2 is 2.03 bits per heavy atom. The molecule has 3 rings (SSSR count). The van der Waals surface area contributed by atoms with Gasteiger partial charge in [-0.25, -0.2) is 12.7 Å². The molecule has 0 atom stereocenters. The Labute approximate surface area is 180 Å². The minimum Gasteiger partial charge on any atom is -0.300 e. The molecule has 1 saturated heterocycles. The Balaban J connectivity index is 1.52. The summed E-state index contributed by atoms with van der Waals surface area (Å²) in [5, 5.41) is 11.8. The molecule has 1 fully saturated rings. The van der Waals surface area contributed by atoms with E-state index in [2.05, 4.69) is 29.4 Å². The second kappa shape index (κ2) is 9.55. The number of amides is 1. The number of benzene rings is 1. The van der Waals surface area contributed by atoms with Gasteiger partial charge in [-0.15, -0.1) is 10.2 Å². The minimum absolute atomic E-state index is 0.00732. The molecule has 1 aromatic heterocycles. The zero-order chi connectivity index (χ0) is 21.0. The summed E-state index contributed by atoms with van der Waals surface area (Å²) >= 11 is 2.97. The van der Waals surface area contributed by atoms with Crippen LogP contribution in [0.25, 0.3) is 0 Å². The average Bonchev–Trinajstić information content (AvgIpc) is 3.07. The Bertz CT molecular complexity index is 951. The predicted octanol–water partition coefficient (Wildman–Crippen LogP) is 3.53. The second-order valence-electron chi connectivity index (χ2n) is 7.45. The first kappa shape index (κ1) is 22.2. The third kappa shape index (κ3) is 6.24. The number of rotatable bonds is 7. The number of sulfonamides is 1. The number of carbonyl (C=O) groups is 1. The van der Waals surface area contributed by atoms with E-state index in [0.717, 1.165) is 15.5 Å². The maximum atomic E-state index is 12.7. The minimum atomic E-state index is -3.39. The highest BCUT2D eigenvalue weighted by Crippen LogP contribution is 2.29. The van der Waals surface area contributed by atoms with E-state index in [9.17, 15) is 13.2 Å². The van der Waals surface area contributed by atoms with Gasteiger partial charge in [0.1, 0.15) is 0 Å². The van der Waals surface area contributed by atoms with Crippen molar-refractivity contribution in [2.24, 2.45) is 5.92 Å². The highest BCUT2D eigenvalue weighted by molar-refractivity contribution is 8.01. The SMILES string of the molecule is Cc1cccc(CS(=O)(=O)N2CCC(C(=O)Nc3nnc(SC(C)C)s3)CC2)c1. The maximum absolute atomic E-state index is 12.7. The van der Waals surface area contributed by atoms with Crippen molar-refractivity contribution < 1.29 is 13.2 Å². The molecule has 0 aliphatic carbocycles. The largest absolute Gasteiger partial charge is 0.300 e. The summed E-state index contributed by atoms with van der Waals surface area (Å²) in [5.41, 5.74) is 1.83. The molecule has 1 amide bonds. The maximum Gasteiger partial charge on any atom is 0.229 e. The molecule has 0 radical (unpaired) electrons. The summed E-state index contributed by atoms with van der Waals surface area (Å²) in [6, 6.07) is 7.54. The number of aromatic nitrogens is 2. The molecular formula is C19H26N4O3S3. The van der Waals surface area contributed by atoms with Crippen LogP contribution in [0, 0.1) is 12.8 Å². The first-order valence-electron chi connectivity index (χ1n) is 9.57. The van der Waals surface area contributed by atoms with Crippen LogP contribution in [-0.2, 0) is 20.6 Å². The fraction of sp³-hybridized carbons (Fsp3) is 0.526. The van der Waals surface area contributed by atoms with Crippen LogP contribution in [0.4, 0.5) is 5.13 Å². The molecule has 0 saturated carbocycles. The number of hydrogen-bond donors (Lipinski definition) is 1. The van der Waals surface area contributed by atoms with Crippen molar-refractivity contribution in [1.82, 2.24) is 14.5 Å². The van der Waals surface area contributed by atoms with Crippen LogP contribution >= 0.6 is 23.1 Å². The van der Waals surface area contributed by atoms with Crippen molar-refractivity contribution in [2.45, 2.75) is 49.0 Å². The fourth-order valence-electron chi connectivity index (χ4n) is 3.22. The molecule has 2 aromatic rings. The quantitative estimate of drug-likeness (QED) is 0.508. The number of piperidine rings is 1. The summed E-state index contributed by atoms with van der Waals surface area (Å²) in [6.07, 6.45) is 1.01. The van der Waals surface area contributed by atoms with Crippen molar-refractivity contribution in [1.29, 1.82) is 0 Å². The van der Waals surface area contributed by atoms with Gasteiger partial charge < -0.3 is 5.32 Å². The molecule has 1 aromatic carbocycles. The first-order chi connectivity index (χ1) is 13.7. The average molecular weight is 455 g/mol. The van der Waals surface area contributed by atoms with Crippen LogP contribution < -0.4 is 5.32 Å². The second-order valence-corrected chi connectivity index (χ2v) is 12.2. The lowest BCUT2D eigenvalue weighted by molar-refractivity contribution is -0.120. The third-order valence-electron chi connectivity index (χ3n) is 4.62. The first-order valence-corrected chi connectivity index (χ1v) is 12.9. The molecule has 1 aliphatic rings. The van der Waals surface area contributed by atoms with Gasteiger partial charge in [0.05, 0.1) is 5.75 Å². The van der Waals surface area contributed by atoms with Crippen LogP contribution in [0.3, 0.4) is 0 Å². The number of carbonyl (C=O) groups excluding carboxylic acids is 1. The smallest absolute Gasteiger partial charge is 0.229 e. The van der Waals surface area contributed by atoms with Crippen molar-refractivity contribution in [3.63, 3.8) is 0 Å². The third-order valence-corrected chi connectivity index (χ3v) is 8.40. The van der Waals surface area contributed by atoms with Crippen LogP contribution in [0.1, 0.15) is 37.8 Å². The van der Waals surface area contributed by atoms with Crippen LogP contribution in [0.5, 0.6) is 0 Å². The van der Waals surface area contributed by atoms with E-state index in [1.165, 1.54) is 15.6 Å². The van der Waals surface area contributed by atoms with Crippen molar-refractivity contribution >= 4 is 44.2 Å². The highest BCUT2D eigenvalue weighted by Gasteiger charge is 2.31. The molecule has 1 N–H and O–H groups in total. The Hall–Kier alpha value is -1.49. The summed E-state index contributed by atoms with van der Waals surface area (Å²) in [5.74, 6) is -0.337. The van der Waals surface area contributed by atoms with Crippen LogP contribution in [0.15, 0.2) is 28.6 Å². The number of aryl methyl sites for hydroxylation is 1. The topological polar surface area (TPSA) is 92.3 Å². The van der Waals surface area contributed by atoms with E-state index in [-0.39, 0.29) is 17.6 Å². The molecule has 1 aliphatic heterocycles. The van der Waals surface area contributed by atoms with E-state index in [4.69, 9.17) is 0 Å². The van der Waals surface area contributed by atoms with Gasteiger partial charge in [-0.1, -0.05) is 66.8 Å². The predicted molar refractivity (Wildman–Crippen MR) is 118 cm³/mol. The van der Waals surface area contributed by atoms with Gasteiger partial charge in [0, 0.05) is 24.3 Å². The van der Waals surface area contributed by atoms with Gasteiger partial charge in [0.2, 0.25) is 21.1 Å². The van der Waals surface area contributed by atoms with E-state index in [1.807, 2.05) is 31.2 Å². The normalized spacial score (nSPS) is 16.3. The molecule has 2 heterocycles. The number of nitrogens with zero attached hydrogens (tertiary/aromatic N) is 3.